The number of benzene rings is 1. The third kappa shape index (κ3) is 2.74. The summed E-state index contributed by atoms with van der Waals surface area (Å²) in [4.78, 5) is 0. The van der Waals surface area contributed by atoms with Crippen molar-refractivity contribution in [3.63, 3.8) is 0 Å². The van der Waals surface area contributed by atoms with Gasteiger partial charge in [0.25, 0.3) is 0 Å². The van der Waals surface area contributed by atoms with Gasteiger partial charge in [-0.2, -0.15) is 0 Å². The second kappa shape index (κ2) is 6.23. The highest BCUT2D eigenvalue weighted by atomic mass is 15.0. The normalized spacial score (nSPS) is 26.3. The highest BCUT2D eigenvalue weighted by Gasteiger charge is 2.31. The molecule has 2 heteroatoms. The van der Waals surface area contributed by atoms with Crippen molar-refractivity contribution in [1.82, 2.24) is 4.57 Å². The largest absolute Gasteiger partial charge is 0.344 e. The first-order valence-electron chi connectivity index (χ1n) is 8.50. The Labute approximate surface area is 128 Å². The van der Waals surface area contributed by atoms with Crippen molar-refractivity contribution in [2.75, 3.05) is 6.54 Å². The van der Waals surface area contributed by atoms with Gasteiger partial charge >= 0.3 is 0 Å². The van der Waals surface area contributed by atoms with Crippen LogP contribution in [0.25, 0.3) is 10.9 Å². The summed E-state index contributed by atoms with van der Waals surface area (Å²) in [7, 11) is 0. The van der Waals surface area contributed by atoms with E-state index in [1.54, 1.807) is 0 Å². The zero-order chi connectivity index (χ0) is 14.8. The number of rotatable bonds is 4. The van der Waals surface area contributed by atoms with E-state index in [0.717, 1.165) is 12.5 Å². The SMILES string of the molecule is CCCC1CCC(CN)C(n2cc(C)c3ccccc32)C1. The van der Waals surface area contributed by atoms with Crippen LogP contribution in [0.4, 0.5) is 0 Å². The summed E-state index contributed by atoms with van der Waals surface area (Å²) < 4.78 is 2.53. The molecule has 1 aromatic carbocycles. The first-order valence-corrected chi connectivity index (χ1v) is 8.50. The highest BCUT2D eigenvalue weighted by Crippen LogP contribution is 2.40. The number of para-hydroxylation sites is 1. The van der Waals surface area contributed by atoms with E-state index in [1.807, 2.05) is 0 Å². The van der Waals surface area contributed by atoms with E-state index in [4.69, 9.17) is 5.73 Å². The number of nitrogens with zero attached hydrogens (tertiary/aromatic N) is 1. The number of aryl methyl sites for hydroxylation is 1. The lowest BCUT2D eigenvalue weighted by Gasteiger charge is -2.37. The van der Waals surface area contributed by atoms with E-state index >= 15 is 0 Å². The van der Waals surface area contributed by atoms with Crippen molar-refractivity contribution in [3.8, 4) is 0 Å². The van der Waals surface area contributed by atoms with Crippen LogP contribution in [0.2, 0.25) is 0 Å². The molecule has 1 saturated carbocycles. The summed E-state index contributed by atoms with van der Waals surface area (Å²) in [5.41, 5.74) is 8.86. The van der Waals surface area contributed by atoms with Gasteiger partial charge in [-0.1, -0.05) is 38.0 Å². The summed E-state index contributed by atoms with van der Waals surface area (Å²) in [5.74, 6) is 1.51. The van der Waals surface area contributed by atoms with Crippen molar-refractivity contribution in [3.05, 3.63) is 36.0 Å². The summed E-state index contributed by atoms with van der Waals surface area (Å²) in [6.07, 6.45) is 8.98. The van der Waals surface area contributed by atoms with Gasteiger partial charge in [0.15, 0.2) is 0 Å². The van der Waals surface area contributed by atoms with E-state index in [9.17, 15) is 0 Å². The molecule has 1 aromatic heterocycles. The van der Waals surface area contributed by atoms with Crippen molar-refractivity contribution < 1.29 is 0 Å². The lowest BCUT2D eigenvalue weighted by atomic mass is 9.76. The molecule has 3 unspecified atom stereocenters. The quantitative estimate of drug-likeness (QED) is 0.869. The van der Waals surface area contributed by atoms with Gasteiger partial charge in [-0.25, -0.2) is 0 Å². The Hall–Kier alpha value is -1.28. The van der Waals surface area contributed by atoms with Crippen LogP contribution in [0.1, 0.15) is 50.6 Å². The van der Waals surface area contributed by atoms with Crippen LogP contribution in [0.5, 0.6) is 0 Å². The Morgan fingerprint density at radius 1 is 1.24 bits per heavy atom. The van der Waals surface area contributed by atoms with Crippen LogP contribution in [0.15, 0.2) is 30.5 Å². The zero-order valence-corrected chi connectivity index (χ0v) is 13.4. The molecule has 3 rings (SSSR count). The first-order chi connectivity index (χ1) is 10.2. The molecule has 2 nitrogen and oxygen atoms in total. The molecular weight excluding hydrogens is 256 g/mol. The fourth-order valence-corrected chi connectivity index (χ4v) is 4.23. The van der Waals surface area contributed by atoms with Crippen molar-refractivity contribution in [1.29, 1.82) is 0 Å². The fraction of sp³-hybridized carbons (Fsp3) is 0.579. The standard InChI is InChI=1S/C19H28N2/c1-3-6-15-9-10-16(12-20)19(11-15)21-13-14(2)17-7-4-5-8-18(17)21/h4-5,7-8,13,15-16,19H,3,6,9-12,20H2,1-2H3. The molecule has 3 atom stereocenters. The monoisotopic (exact) mass is 284 g/mol. The van der Waals surface area contributed by atoms with Gasteiger partial charge in [-0.05, 0) is 56.2 Å². The Kier molecular flexibility index (Phi) is 4.34. The maximum atomic E-state index is 6.09. The number of hydrogen-bond donors (Lipinski definition) is 1. The molecule has 2 N–H and O–H groups in total. The molecule has 1 fully saturated rings. The summed E-state index contributed by atoms with van der Waals surface area (Å²) in [6.45, 7) is 5.34. The second-order valence-corrected chi connectivity index (χ2v) is 6.77. The molecule has 1 heterocycles. The van der Waals surface area contributed by atoms with Gasteiger partial charge in [0.1, 0.15) is 0 Å². The van der Waals surface area contributed by atoms with E-state index in [2.05, 4.69) is 48.9 Å². The molecule has 1 aliphatic carbocycles. The second-order valence-electron chi connectivity index (χ2n) is 6.77. The van der Waals surface area contributed by atoms with Gasteiger partial charge in [0.05, 0.1) is 0 Å². The molecule has 0 saturated heterocycles. The summed E-state index contributed by atoms with van der Waals surface area (Å²) in [5, 5.41) is 1.39. The lowest BCUT2D eigenvalue weighted by molar-refractivity contribution is 0.184. The van der Waals surface area contributed by atoms with Crippen LogP contribution in [-0.4, -0.2) is 11.1 Å². The third-order valence-corrected chi connectivity index (χ3v) is 5.36. The molecule has 21 heavy (non-hydrogen) atoms. The minimum atomic E-state index is 0.582. The Balaban J connectivity index is 1.97. The van der Waals surface area contributed by atoms with Crippen molar-refractivity contribution >= 4 is 10.9 Å². The first kappa shape index (κ1) is 14.6. The summed E-state index contributed by atoms with van der Waals surface area (Å²) in [6, 6.07) is 9.38. The topological polar surface area (TPSA) is 30.9 Å². The van der Waals surface area contributed by atoms with Crippen LogP contribution in [0, 0.1) is 18.8 Å². The molecule has 0 amide bonds. The smallest absolute Gasteiger partial charge is 0.0485 e. The van der Waals surface area contributed by atoms with Gasteiger partial charge in [-0.3, -0.25) is 0 Å². The van der Waals surface area contributed by atoms with Gasteiger partial charge < -0.3 is 10.3 Å². The predicted molar refractivity (Wildman–Crippen MR) is 90.5 cm³/mol. The number of hydrogen-bond acceptors (Lipinski definition) is 1. The Morgan fingerprint density at radius 3 is 2.81 bits per heavy atom. The van der Waals surface area contributed by atoms with E-state index in [0.29, 0.717) is 12.0 Å². The number of aromatic nitrogens is 1. The number of fused-ring (bicyclic) bond motifs is 1. The predicted octanol–water partition coefficient (Wildman–Crippen LogP) is 4.67. The highest BCUT2D eigenvalue weighted by molar-refractivity contribution is 5.83. The molecule has 114 valence electrons. The van der Waals surface area contributed by atoms with E-state index in [-0.39, 0.29) is 0 Å². The van der Waals surface area contributed by atoms with Gasteiger partial charge in [0.2, 0.25) is 0 Å². The zero-order valence-electron chi connectivity index (χ0n) is 13.4. The fourth-order valence-electron chi connectivity index (χ4n) is 4.23. The molecular formula is C19H28N2. The average molecular weight is 284 g/mol. The minimum absolute atomic E-state index is 0.582. The summed E-state index contributed by atoms with van der Waals surface area (Å²) >= 11 is 0. The lowest BCUT2D eigenvalue weighted by Crippen LogP contribution is -2.32. The maximum Gasteiger partial charge on any atom is 0.0485 e. The van der Waals surface area contributed by atoms with Crippen LogP contribution < -0.4 is 5.73 Å². The van der Waals surface area contributed by atoms with Crippen LogP contribution >= 0.6 is 0 Å². The molecule has 0 spiro atoms. The van der Waals surface area contributed by atoms with E-state index in [1.165, 1.54) is 48.6 Å². The van der Waals surface area contributed by atoms with Crippen LogP contribution in [-0.2, 0) is 0 Å². The maximum absolute atomic E-state index is 6.09. The minimum Gasteiger partial charge on any atom is -0.344 e. The molecule has 1 aliphatic rings. The van der Waals surface area contributed by atoms with Crippen molar-refractivity contribution in [2.24, 2.45) is 17.6 Å². The van der Waals surface area contributed by atoms with Gasteiger partial charge in [0, 0.05) is 23.1 Å². The van der Waals surface area contributed by atoms with Crippen LogP contribution in [0.3, 0.4) is 0 Å². The van der Waals surface area contributed by atoms with Gasteiger partial charge in [-0.15, -0.1) is 0 Å². The molecule has 0 aliphatic heterocycles. The molecule has 0 radical (unpaired) electrons. The number of nitrogens with two attached hydrogens (primary N) is 1. The molecule has 2 aromatic rings. The average Bonchev–Trinajstić information content (AvgIpc) is 2.85. The third-order valence-electron chi connectivity index (χ3n) is 5.36. The Morgan fingerprint density at radius 2 is 2.05 bits per heavy atom. The Bertz CT molecular complexity index is 599. The molecule has 0 bridgehead atoms. The van der Waals surface area contributed by atoms with Crippen molar-refractivity contribution in [2.45, 2.75) is 52.0 Å². The van der Waals surface area contributed by atoms with E-state index < -0.39 is 0 Å².